The van der Waals surface area contributed by atoms with E-state index in [2.05, 4.69) is 12.2 Å². The zero-order valence-electron chi connectivity index (χ0n) is 29.3. The fourth-order valence-corrected chi connectivity index (χ4v) is 8.68. The van der Waals surface area contributed by atoms with Crippen molar-refractivity contribution in [1.29, 1.82) is 0 Å². The van der Waals surface area contributed by atoms with E-state index < -0.39 is 36.2 Å². The number of hydrogen-bond donors (Lipinski definition) is 1. The molecule has 4 rings (SSSR count). The number of non-ortho nitro benzene ring substituents is 1. The summed E-state index contributed by atoms with van der Waals surface area (Å²) < 4.78 is 27.4. The van der Waals surface area contributed by atoms with Crippen molar-refractivity contribution in [1.82, 2.24) is 15.1 Å². The number of hydrogen-bond acceptors (Lipinski definition) is 10. The highest BCUT2D eigenvalue weighted by atomic mass is 32.2. The molecule has 3 aromatic carbocycles. The number of nitro benzene ring substituents is 1. The average Bonchev–Trinajstić information content (AvgIpc) is 3.11. The van der Waals surface area contributed by atoms with Crippen molar-refractivity contribution in [3.05, 3.63) is 88.5 Å². The van der Waals surface area contributed by atoms with Crippen LogP contribution in [0.5, 0.6) is 11.5 Å². The molecule has 270 valence electrons. The molecule has 1 aliphatic heterocycles. The van der Waals surface area contributed by atoms with E-state index in [1.165, 1.54) is 12.1 Å². The van der Waals surface area contributed by atoms with Gasteiger partial charge in [0, 0.05) is 54.5 Å². The van der Waals surface area contributed by atoms with Crippen molar-refractivity contribution in [2.24, 2.45) is 5.92 Å². The number of nitrogens with one attached hydrogen (secondary N) is 1. The highest BCUT2D eigenvalue weighted by Gasteiger charge is 2.44. The minimum absolute atomic E-state index is 0.0956. The van der Waals surface area contributed by atoms with Crippen LogP contribution in [-0.2, 0) is 14.2 Å². The van der Waals surface area contributed by atoms with Gasteiger partial charge >= 0.3 is 7.60 Å². The second kappa shape index (κ2) is 18.6. The van der Waals surface area contributed by atoms with Crippen molar-refractivity contribution in [2.45, 2.75) is 68.1 Å². The molecule has 1 fully saturated rings. The molecule has 0 aliphatic carbocycles. The standard InChI is InChI=1S/C36H47N4O7PS2/c1-6-7-8-9-33(41)38-22-24-39(25-23-38)34(27-10-12-28(13-11-27)40(43)44)35(42)37-36(26(2)3)48(45,46-29-14-18-31(49-4)19-15-29)47-30-16-20-32(50-5)21-17-30/h10-21,26,34,36H,6-9,22-25H2,1-5H3,(H,37,42)/t34-,36-/m0/s1. The molecule has 2 atom stereocenters. The molecular formula is C36H47N4O7PS2. The van der Waals surface area contributed by atoms with Crippen LogP contribution in [0.15, 0.2) is 82.6 Å². The molecule has 0 unspecified atom stereocenters. The smallest absolute Gasteiger partial charge is 0.415 e. The molecule has 14 heteroatoms. The van der Waals surface area contributed by atoms with Gasteiger partial charge in [0.25, 0.3) is 5.69 Å². The van der Waals surface area contributed by atoms with Gasteiger partial charge in [-0.05, 0) is 78.9 Å². The van der Waals surface area contributed by atoms with E-state index in [-0.39, 0.29) is 11.6 Å². The SMILES string of the molecule is CCCCCC(=O)N1CCN([C@H](C(=O)N[C@H](C(C)C)P(=O)(Oc2ccc(SC)cc2)Oc2ccc(SC)cc2)c2ccc([N+](=O)[O-])cc2)CC1. The Kier molecular flexibility index (Phi) is 14.6. The molecule has 1 N–H and O–H groups in total. The molecule has 0 saturated carbocycles. The minimum Gasteiger partial charge on any atom is -0.415 e. The van der Waals surface area contributed by atoms with Crippen LogP contribution < -0.4 is 14.4 Å². The van der Waals surface area contributed by atoms with E-state index in [9.17, 15) is 19.7 Å². The average molecular weight is 743 g/mol. The monoisotopic (exact) mass is 742 g/mol. The van der Waals surface area contributed by atoms with Crippen molar-refractivity contribution >= 4 is 48.6 Å². The van der Waals surface area contributed by atoms with Crippen molar-refractivity contribution in [3.63, 3.8) is 0 Å². The molecule has 0 bridgehead atoms. The van der Waals surface area contributed by atoms with Gasteiger partial charge in [0.1, 0.15) is 17.5 Å². The van der Waals surface area contributed by atoms with Gasteiger partial charge in [0.2, 0.25) is 11.8 Å². The fraction of sp³-hybridized carbons (Fsp3) is 0.444. The highest BCUT2D eigenvalue weighted by Crippen LogP contribution is 2.54. The van der Waals surface area contributed by atoms with Crippen molar-refractivity contribution < 1.29 is 28.1 Å². The van der Waals surface area contributed by atoms with E-state index in [4.69, 9.17) is 9.05 Å². The number of rotatable bonds is 17. The number of piperazine rings is 1. The molecule has 1 heterocycles. The summed E-state index contributed by atoms with van der Waals surface area (Å²) in [5, 5.41) is 14.5. The van der Waals surface area contributed by atoms with Crippen LogP contribution >= 0.6 is 31.1 Å². The first-order valence-corrected chi connectivity index (χ1v) is 20.9. The van der Waals surface area contributed by atoms with Gasteiger partial charge in [-0.3, -0.25) is 24.6 Å². The summed E-state index contributed by atoms with van der Waals surface area (Å²) in [4.78, 5) is 44.1. The summed E-state index contributed by atoms with van der Waals surface area (Å²) in [5.74, 6) is -1.16. The summed E-state index contributed by atoms with van der Waals surface area (Å²) in [5.41, 5.74) is 0.442. The predicted molar refractivity (Wildman–Crippen MR) is 200 cm³/mol. The van der Waals surface area contributed by atoms with Crippen LogP contribution in [0, 0.1) is 16.0 Å². The van der Waals surface area contributed by atoms with Gasteiger partial charge in [-0.15, -0.1) is 23.5 Å². The first-order chi connectivity index (χ1) is 24.0. The first-order valence-electron chi connectivity index (χ1n) is 16.8. The van der Waals surface area contributed by atoms with Gasteiger partial charge in [-0.1, -0.05) is 45.7 Å². The van der Waals surface area contributed by atoms with Gasteiger partial charge in [-0.25, -0.2) is 4.57 Å². The maximum atomic E-state index is 15.0. The Morgan fingerprint density at radius 3 is 1.82 bits per heavy atom. The molecule has 1 saturated heterocycles. The molecule has 2 amide bonds. The second-order valence-corrected chi connectivity index (χ2v) is 16.2. The lowest BCUT2D eigenvalue weighted by atomic mass is 10.0. The normalized spacial score (nSPS) is 15.0. The Morgan fingerprint density at radius 1 is 0.860 bits per heavy atom. The van der Waals surface area contributed by atoms with Gasteiger partial charge in [0.05, 0.1) is 4.92 Å². The maximum absolute atomic E-state index is 15.0. The first kappa shape index (κ1) is 39.3. The van der Waals surface area contributed by atoms with E-state index in [0.717, 1.165) is 29.1 Å². The lowest BCUT2D eigenvalue weighted by Crippen LogP contribution is -2.53. The summed E-state index contributed by atoms with van der Waals surface area (Å²) in [6.07, 6.45) is 7.27. The predicted octanol–water partition coefficient (Wildman–Crippen LogP) is 8.25. The Hall–Kier alpha value is -3.51. The van der Waals surface area contributed by atoms with Crippen LogP contribution in [-0.4, -0.2) is 71.0 Å². The van der Waals surface area contributed by atoms with E-state index in [1.54, 1.807) is 59.9 Å². The number of nitrogens with zero attached hydrogens (tertiary/aromatic N) is 3. The van der Waals surface area contributed by atoms with Crippen LogP contribution in [0.2, 0.25) is 0 Å². The number of carbonyl (C=O) groups excluding carboxylic acids is 2. The summed E-state index contributed by atoms with van der Waals surface area (Å²) in [7, 11) is -4.17. The third-order valence-corrected chi connectivity index (χ3v) is 12.4. The number of carbonyl (C=O) groups is 2. The number of unbranched alkanes of at least 4 members (excludes halogenated alkanes) is 2. The van der Waals surface area contributed by atoms with Crippen LogP contribution in [0.25, 0.3) is 0 Å². The Balaban J connectivity index is 1.65. The zero-order valence-corrected chi connectivity index (χ0v) is 31.8. The molecule has 50 heavy (non-hydrogen) atoms. The second-order valence-electron chi connectivity index (χ2n) is 12.4. The lowest BCUT2D eigenvalue weighted by Gasteiger charge is -2.40. The summed E-state index contributed by atoms with van der Waals surface area (Å²) in [6, 6.07) is 19.3. The maximum Gasteiger partial charge on any atom is 0.453 e. The fourth-order valence-electron chi connectivity index (χ4n) is 5.75. The third kappa shape index (κ3) is 10.5. The van der Waals surface area contributed by atoms with Crippen molar-refractivity contribution in [3.8, 4) is 11.5 Å². The van der Waals surface area contributed by atoms with Crippen LogP contribution in [0.4, 0.5) is 5.69 Å². The molecular weight excluding hydrogens is 696 g/mol. The molecule has 11 nitrogen and oxygen atoms in total. The van der Waals surface area contributed by atoms with Crippen molar-refractivity contribution in [2.75, 3.05) is 38.7 Å². The molecule has 3 aromatic rings. The Bertz CT molecular complexity index is 1560. The van der Waals surface area contributed by atoms with Crippen LogP contribution in [0.3, 0.4) is 0 Å². The molecule has 0 aromatic heterocycles. The minimum atomic E-state index is -4.17. The van der Waals surface area contributed by atoms with Gasteiger partial charge in [-0.2, -0.15) is 0 Å². The lowest BCUT2D eigenvalue weighted by molar-refractivity contribution is -0.384. The Morgan fingerprint density at radius 2 is 1.38 bits per heavy atom. The number of amides is 2. The summed E-state index contributed by atoms with van der Waals surface area (Å²) in [6.45, 7) is 7.48. The van der Waals surface area contributed by atoms with E-state index in [0.29, 0.717) is 49.7 Å². The van der Waals surface area contributed by atoms with E-state index in [1.807, 2.05) is 60.4 Å². The number of nitro groups is 1. The molecule has 1 aliphatic rings. The zero-order chi connectivity index (χ0) is 36.3. The van der Waals surface area contributed by atoms with Crippen LogP contribution in [0.1, 0.15) is 58.1 Å². The number of thioether (sulfide) groups is 2. The third-order valence-electron chi connectivity index (χ3n) is 8.54. The largest absolute Gasteiger partial charge is 0.453 e. The molecule has 0 spiro atoms. The molecule has 0 radical (unpaired) electrons. The highest BCUT2D eigenvalue weighted by molar-refractivity contribution is 7.98. The van der Waals surface area contributed by atoms with Gasteiger partial charge in [0.15, 0.2) is 5.78 Å². The topological polar surface area (TPSA) is 131 Å². The number of benzene rings is 3. The quantitative estimate of drug-likeness (QED) is 0.0474. The Labute approximate surface area is 303 Å². The summed E-state index contributed by atoms with van der Waals surface area (Å²) >= 11 is 3.13. The van der Waals surface area contributed by atoms with E-state index >= 15 is 4.57 Å². The van der Waals surface area contributed by atoms with Gasteiger partial charge < -0.3 is 19.3 Å².